The fourth-order valence-corrected chi connectivity index (χ4v) is 6.31. The van der Waals surface area contributed by atoms with Gasteiger partial charge < -0.3 is 18.9 Å². The molecule has 0 amide bonds. The van der Waals surface area contributed by atoms with Crippen LogP contribution in [0.3, 0.4) is 0 Å². The first-order valence-corrected chi connectivity index (χ1v) is 17.2. The Morgan fingerprint density at radius 2 is 0.957 bits per heavy atom. The molecule has 0 N–H and O–H groups in total. The highest BCUT2D eigenvalue weighted by atomic mass is 32.1. The summed E-state index contributed by atoms with van der Waals surface area (Å²) in [5.74, 6) is 0.931. The average Bonchev–Trinajstić information content (AvgIpc) is 3.38. The Hall–Kier alpha value is -3.88. The molecule has 4 aromatic carbocycles. The predicted octanol–water partition coefficient (Wildman–Crippen LogP) is 8.09. The van der Waals surface area contributed by atoms with Gasteiger partial charge in [-0.3, -0.25) is 9.59 Å². The normalized spacial score (nSPS) is 14.0. The van der Waals surface area contributed by atoms with E-state index in [2.05, 4.69) is 98.1 Å². The van der Waals surface area contributed by atoms with Crippen LogP contribution in [0.4, 0.5) is 0 Å². The molecule has 0 spiro atoms. The molecule has 5 rings (SSSR count). The van der Waals surface area contributed by atoms with Gasteiger partial charge in [0.25, 0.3) is 0 Å². The lowest BCUT2D eigenvalue weighted by atomic mass is 9.68. The third-order valence-corrected chi connectivity index (χ3v) is 8.81. The number of hydrogen-bond acceptors (Lipinski definition) is 8. The first-order valence-electron chi connectivity index (χ1n) is 16.1. The highest BCUT2D eigenvalue weighted by Gasteiger charge is 2.45. The summed E-state index contributed by atoms with van der Waals surface area (Å²) in [4.78, 5) is 23.9. The SMILES string of the molecule is CC(S)CCC(=O)OCCOc1ccc(C2(c3ccc(OCCOC(=O)CCC(C)S)cc3)c3ccccc3-c3ccccc32)cc1. The van der Waals surface area contributed by atoms with E-state index in [1.807, 2.05) is 38.1 Å². The van der Waals surface area contributed by atoms with Crippen LogP contribution in [0, 0.1) is 0 Å². The van der Waals surface area contributed by atoms with Crippen molar-refractivity contribution in [1.82, 2.24) is 0 Å². The molecule has 0 aliphatic heterocycles. The molecule has 6 nitrogen and oxygen atoms in total. The second-order valence-electron chi connectivity index (χ2n) is 11.8. The minimum atomic E-state index is -0.566. The lowest BCUT2D eigenvalue weighted by Crippen LogP contribution is -2.28. The molecule has 2 unspecified atom stereocenters. The van der Waals surface area contributed by atoms with Crippen molar-refractivity contribution in [2.75, 3.05) is 26.4 Å². The number of carbonyl (C=O) groups is 2. The van der Waals surface area contributed by atoms with Gasteiger partial charge >= 0.3 is 11.9 Å². The van der Waals surface area contributed by atoms with Gasteiger partial charge in [0, 0.05) is 12.8 Å². The van der Waals surface area contributed by atoms with Crippen LogP contribution in [0.5, 0.6) is 11.5 Å². The number of hydrogen-bond donors (Lipinski definition) is 2. The first kappa shape index (κ1) is 34.5. The number of carbonyl (C=O) groups excluding carboxylic acids is 2. The Kier molecular flexibility index (Phi) is 11.9. The van der Waals surface area contributed by atoms with Crippen LogP contribution in [-0.2, 0) is 24.5 Å². The van der Waals surface area contributed by atoms with Crippen LogP contribution in [0.1, 0.15) is 61.8 Å². The summed E-state index contributed by atoms with van der Waals surface area (Å²) in [6.07, 6.45) is 2.07. The summed E-state index contributed by atoms with van der Waals surface area (Å²) in [6, 6.07) is 33.5. The van der Waals surface area contributed by atoms with Gasteiger partial charge in [0.1, 0.15) is 37.9 Å². The van der Waals surface area contributed by atoms with Crippen LogP contribution >= 0.6 is 25.3 Å². The van der Waals surface area contributed by atoms with Crippen LogP contribution in [0.25, 0.3) is 11.1 Å². The standard InChI is InChI=1S/C39H42O6S2/c1-27(46)11-21-37(40)44-25-23-42-31-17-13-29(14-18-31)39(35-9-5-3-7-33(35)34-8-4-6-10-36(34)39)30-15-19-32(20-16-30)43-24-26-45-38(41)22-12-28(2)47/h3-10,13-20,27-28,46-47H,11-12,21-26H2,1-2H3. The zero-order valence-corrected chi connectivity index (χ0v) is 28.7. The largest absolute Gasteiger partial charge is 0.490 e. The van der Waals surface area contributed by atoms with E-state index in [0.29, 0.717) is 37.2 Å². The fourth-order valence-electron chi connectivity index (χ4n) is 6.05. The van der Waals surface area contributed by atoms with Gasteiger partial charge in [-0.25, -0.2) is 0 Å². The highest BCUT2D eigenvalue weighted by Crippen LogP contribution is 2.56. The number of rotatable bonds is 16. The molecule has 0 fully saturated rings. The molecule has 0 aromatic heterocycles. The molecule has 47 heavy (non-hydrogen) atoms. The van der Waals surface area contributed by atoms with Crippen LogP contribution in [0.15, 0.2) is 97.1 Å². The van der Waals surface area contributed by atoms with Gasteiger partial charge in [-0.05, 0) is 81.0 Å². The van der Waals surface area contributed by atoms with Crippen molar-refractivity contribution < 1.29 is 28.5 Å². The molecular formula is C39H42O6S2. The third kappa shape index (κ3) is 8.35. The predicted molar refractivity (Wildman–Crippen MR) is 192 cm³/mol. The van der Waals surface area contributed by atoms with Crippen molar-refractivity contribution in [3.63, 3.8) is 0 Å². The summed E-state index contributed by atoms with van der Waals surface area (Å²) in [6.45, 7) is 4.84. The molecular weight excluding hydrogens is 629 g/mol. The molecule has 0 bridgehead atoms. The number of thiol groups is 2. The van der Waals surface area contributed by atoms with E-state index < -0.39 is 5.41 Å². The molecule has 2 atom stereocenters. The molecule has 0 saturated carbocycles. The minimum absolute atomic E-state index is 0.158. The van der Waals surface area contributed by atoms with Crippen molar-refractivity contribution in [2.45, 2.75) is 55.4 Å². The van der Waals surface area contributed by atoms with E-state index in [-0.39, 0.29) is 48.9 Å². The van der Waals surface area contributed by atoms with Crippen molar-refractivity contribution in [1.29, 1.82) is 0 Å². The Labute approximate surface area is 288 Å². The summed E-state index contributed by atoms with van der Waals surface area (Å²) >= 11 is 8.63. The van der Waals surface area contributed by atoms with Crippen molar-refractivity contribution in [3.05, 3.63) is 119 Å². The second-order valence-corrected chi connectivity index (χ2v) is 13.6. The van der Waals surface area contributed by atoms with Crippen molar-refractivity contribution >= 4 is 37.2 Å². The van der Waals surface area contributed by atoms with E-state index in [1.165, 1.54) is 22.3 Å². The number of fused-ring (bicyclic) bond motifs is 3. The maximum absolute atomic E-state index is 11.9. The molecule has 4 aromatic rings. The fraction of sp³-hybridized carbons (Fsp3) is 0.333. The average molecular weight is 671 g/mol. The maximum Gasteiger partial charge on any atom is 0.305 e. The van der Waals surface area contributed by atoms with Gasteiger partial charge in [-0.2, -0.15) is 25.3 Å². The van der Waals surface area contributed by atoms with Gasteiger partial charge in [0.05, 0.1) is 5.41 Å². The van der Waals surface area contributed by atoms with E-state index in [1.54, 1.807) is 0 Å². The van der Waals surface area contributed by atoms with Crippen LogP contribution < -0.4 is 9.47 Å². The summed E-state index contributed by atoms with van der Waals surface area (Å²) in [5.41, 5.74) is 6.45. The highest BCUT2D eigenvalue weighted by molar-refractivity contribution is 7.81. The van der Waals surface area contributed by atoms with Crippen LogP contribution in [-0.4, -0.2) is 48.9 Å². The summed E-state index contributed by atoms with van der Waals surface area (Å²) < 4.78 is 22.5. The zero-order chi connectivity index (χ0) is 33.2. The monoisotopic (exact) mass is 670 g/mol. The zero-order valence-electron chi connectivity index (χ0n) is 26.9. The lowest BCUT2D eigenvalue weighted by Gasteiger charge is -2.34. The molecule has 1 aliphatic rings. The number of esters is 2. The molecule has 1 aliphatic carbocycles. The Bertz CT molecular complexity index is 1510. The smallest absolute Gasteiger partial charge is 0.305 e. The maximum atomic E-state index is 11.9. The lowest BCUT2D eigenvalue weighted by molar-refractivity contribution is -0.145. The Morgan fingerprint density at radius 3 is 1.34 bits per heavy atom. The van der Waals surface area contributed by atoms with E-state index in [4.69, 9.17) is 18.9 Å². The summed E-state index contributed by atoms with van der Waals surface area (Å²) in [7, 11) is 0. The van der Waals surface area contributed by atoms with Gasteiger partial charge in [0.2, 0.25) is 0 Å². The Morgan fingerprint density at radius 1 is 0.574 bits per heavy atom. The molecule has 0 saturated heterocycles. The van der Waals surface area contributed by atoms with Crippen molar-refractivity contribution in [2.24, 2.45) is 0 Å². The van der Waals surface area contributed by atoms with Gasteiger partial charge in [0.15, 0.2) is 0 Å². The topological polar surface area (TPSA) is 71.1 Å². The van der Waals surface area contributed by atoms with E-state index >= 15 is 0 Å². The van der Waals surface area contributed by atoms with Crippen LogP contribution in [0.2, 0.25) is 0 Å². The molecule has 8 heteroatoms. The third-order valence-electron chi connectivity index (χ3n) is 8.29. The molecule has 246 valence electrons. The van der Waals surface area contributed by atoms with Gasteiger partial charge in [-0.15, -0.1) is 0 Å². The summed E-state index contributed by atoms with van der Waals surface area (Å²) in [5, 5.41) is 0.317. The van der Waals surface area contributed by atoms with E-state index in [0.717, 1.165) is 11.1 Å². The molecule has 0 heterocycles. The Balaban J connectivity index is 1.34. The quantitative estimate of drug-likeness (QED) is 0.0629. The molecule has 0 radical (unpaired) electrons. The van der Waals surface area contributed by atoms with Crippen molar-refractivity contribution in [3.8, 4) is 22.6 Å². The number of benzene rings is 4. The van der Waals surface area contributed by atoms with E-state index in [9.17, 15) is 9.59 Å². The minimum Gasteiger partial charge on any atom is -0.490 e. The first-order chi connectivity index (χ1) is 22.8. The van der Waals surface area contributed by atoms with Gasteiger partial charge in [-0.1, -0.05) is 86.6 Å². The number of ether oxygens (including phenoxy) is 4. The second kappa shape index (κ2) is 16.3.